The summed E-state index contributed by atoms with van der Waals surface area (Å²) in [4.78, 5) is 17.9. The first-order valence-corrected chi connectivity index (χ1v) is 6.28. The Morgan fingerprint density at radius 3 is 2.69 bits per heavy atom. The Bertz CT molecular complexity index is 322. The van der Waals surface area contributed by atoms with Gasteiger partial charge in [0.15, 0.2) is 0 Å². The molecule has 1 amide bonds. The van der Waals surface area contributed by atoms with Crippen molar-refractivity contribution < 1.29 is 4.79 Å². The van der Waals surface area contributed by atoms with Gasteiger partial charge in [-0.25, -0.2) is 4.98 Å². The molecule has 1 atom stereocenters. The van der Waals surface area contributed by atoms with Gasteiger partial charge in [0.2, 0.25) is 0 Å². The predicted molar refractivity (Wildman–Crippen MR) is 66.8 cm³/mol. The summed E-state index contributed by atoms with van der Waals surface area (Å²) in [6.45, 7) is 5.05. The molecule has 1 aromatic rings. The van der Waals surface area contributed by atoms with Gasteiger partial charge in [0, 0.05) is 18.0 Å². The average molecular weight is 241 g/mol. The number of hydrogen-bond donors (Lipinski definition) is 1. The fourth-order valence-electron chi connectivity index (χ4n) is 1.38. The Balaban J connectivity index is 2.58. The van der Waals surface area contributed by atoms with E-state index in [0.29, 0.717) is 11.6 Å². The highest BCUT2D eigenvalue weighted by Crippen LogP contribution is 2.06. The summed E-state index contributed by atoms with van der Waals surface area (Å²) >= 11 is 1.43. The van der Waals surface area contributed by atoms with E-state index in [2.05, 4.69) is 29.0 Å². The van der Waals surface area contributed by atoms with Crippen molar-refractivity contribution in [2.24, 2.45) is 5.92 Å². The van der Waals surface area contributed by atoms with Gasteiger partial charge < -0.3 is 10.2 Å². The smallest absolute Gasteiger partial charge is 0.271 e. The van der Waals surface area contributed by atoms with Gasteiger partial charge in [-0.15, -0.1) is 11.3 Å². The van der Waals surface area contributed by atoms with Crippen molar-refractivity contribution in [3.63, 3.8) is 0 Å². The van der Waals surface area contributed by atoms with Gasteiger partial charge in [0.1, 0.15) is 5.69 Å². The topological polar surface area (TPSA) is 45.2 Å². The molecule has 0 saturated carbocycles. The quantitative estimate of drug-likeness (QED) is 0.849. The second-order valence-electron chi connectivity index (χ2n) is 4.46. The van der Waals surface area contributed by atoms with Crippen LogP contribution in [0.3, 0.4) is 0 Å². The van der Waals surface area contributed by atoms with Crippen molar-refractivity contribution in [1.29, 1.82) is 0 Å². The number of amides is 1. The van der Waals surface area contributed by atoms with Crippen molar-refractivity contribution >= 4 is 17.2 Å². The Labute approximate surface area is 101 Å². The Kier molecular flexibility index (Phi) is 4.89. The second kappa shape index (κ2) is 5.96. The summed E-state index contributed by atoms with van der Waals surface area (Å²) in [7, 11) is 4.01. The van der Waals surface area contributed by atoms with Crippen molar-refractivity contribution in [2.75, 3.05) is 20.6 Å². The standard InChI is InChI=1S/C11H19N3OS/c1-8(2)9(5-14(3)4)13-11(15)10-6-16-7-12-10/h6-9H,5H2,1-4H3,(H,13,15). The molecule has 0 saturated heterocycles. The van der Waals surface area contributed by atoms with E-state index in [1.807, 2.05) is 14.1 Å². The monoisotopic (exact) mass is 241 g/mol. The van der Waals surface area contributed by atoms with Gasteiger partial charge in [-0.1, -0.05) is 13.8 Å². The zero-order chi connectivity index (χ0) is 12.1. The number of rotatable bonds is 5. The van der Waals surface area contributed by atoms with Crippen LogP contribution in [-0.4, -0.2) is 42.5 Å². The molecule has 1 aromatic heterocycles. The van der Waals surface area contributed by atoms with E-state index in [0.717, 1.165) is 6.54 Å². The number of nitrogens with zero attached hydrogens (tertiary/aromatic N) is 2. The number of thiazole rings is 1. The number of likely N-dealkylation sites (N-methyl/N-ethyl adjacent to an activating group) is 1. The third kappa shape index (κ3) is 3.90. The van der Waals surface area contributed by atoms with Crippen molar-refractivity contribution in [3.8, 4) is 0 Å². The lowest BCUT2D eigenvalue weighted by molar-refractivity contribution is 0.0912. The third-order valence-electron chi connectivity index (χ3n) is 2.35. The first kappa shape index (κ1) is 13.1. The van der Waals surface area contributed by atoms with Gasteiger partial charge in [0.25, 0.3) is 5.91 Å². The highest BCUT2D eigenvalue weighted by atomic mass is 32.1. The van der Waals surface area contributed by atoms with Crippen molar-refractivity contribution in [2.45, 2.75) is 19.9 Å². The third-order valence-corrected chi connectivity index (χ3v) is 2.93. The van der Waals surface area contributed by atoms with Gasteiger partial charge in [-0.2, -0.15) is 0 Å². The molecule has 1 N–H and O–H groups in total. The molecular weight excluding hydrogens is 222 g/mol. The van der Waals surface area contributed by atoms with Crippen LogP contribution in [-0.2, 0) is 0 Å². The number of carbonyl (C=O) groups is 1. The maximum absolute atomic E-state index is 11.8. The van der Waals surface area contributed by atoms with E-state index in [-0.39, 0.29) is 11.9 Å². The van der Waals surface area contributed by atoms with Gasteiger partial charge >= 0.3 is 0 Å². The first-order valence-electron chi connectivity index (χ1n) is 5.34. The highest BCUT2D eigenvalue weighted by Gasteiger charge is 2.18. The average Bonchev–Trinajstić information content (AvgIpc) is 2.68. The molecule has 0 spiro atoms. The van der Waals surface area contributed by atoms with Crippen molar-refractivity contribution in [3.05, 3.63) is 16.6 Å². The number of aromatic nitrogens is 1. The highest BCUT2D eigenvalue weighted by molar-refractivity contribution is 7.07. The first-order chi connectivity index (χ1) is 7.50. The maximum Gasteiger partial charge on any atom is 0.271 e. The van der Waals surface area contributed by atoms with Crippen molar-refractivity contribution in [1.82, 2.24) is 15.2 Å². The van der Waals surface area contributed by atoms with E-state index in [9.17, 15) is 4.79 Å². The molecule has 0 bridgehead atoms. The zero-order valence-electron chi connectivity index (χ0n) is 10.2. The minimum absolute atomic E-state index is 0.0817. The van der Waals surface area contributed by atoms with E-state index in [1.54, 1.807) is 10.9 Å². The molecule has 0 aliphatic heterocycles. The molecule has 16 heavy (non-hydrogen) atoms. The zero-order valence-corrected chi connectivity index (χ0v) is 11.0. The normalized spacial score (nSPS) is 13.1. The Morgan fingerprint density at radius 1 is 1.56 bits per heavy atom. The fourth-order valence-corrected chi connectivity index (χ4v) is 1.92. The predicted octanol–water partition coefficient (Wildman–Crippen LogP) is 1.46. The molecule has 0 radical (unpaired) electrons. The van der Waals surface area contributed by atoms with Crippen LogP contribution in [0.15, 0.2) is 10.9 Å². The molecule has 0 aliphatic carbocycles. The molecule has 1 rings (SSSR count). The van der Waals surface area contributed by atoms with Crippen LogP contribution in [0.25, 0.3) is 0 Å². The van der Waals surface area contributed by atoms with E-state index < -0.39 is 0 Å². The van der Waals surface area contributed by atoms with Crippen LogP contribution in [0.2, 0.25) is 0 Å². The molecule has 90 valence electrons. The van der Waals surface area contributed by atoms with Crippen LogP contribution in [0, 0.1) is 5.92 Å². The summed E-state index contributed by atoms with van der Waals surface area (Å²) in [6.07, 6.45) is 0. The lowest BCUT2D eigenvalue weighted by atomic mass is 10.0. The Hall–Kier alpha value is -0.940. The molecule has 5 heteroatoms. The second-order valence-corrected chi connectivity index (χ2v) is 5.18. The molecule has 4 nitrogen and oxygen atoms in total. The molecule has 1 heterocycles. The molecule has 0 aromatic carbocycles. The largest absolute Gasteiger partial charge is 0.346 e. The van der Waals surface area contributed by atoms with Crippen LogP contribution in [0.4, 0.5) is 0 Å². The Morgan fingerprint density at radius 2 is 2.25 bits per heavy atom. The molecular formula is C11H19N3OS. The molecule has 1 unspecified atom stereocenters. The van der Waals surface area contributed by atoms with Crippen LogP contribution in [0.5, 0.6) is 0 Å². The van der Waals surface area contributed by atoms with E-state index in [4.69, 9.17) is 0 Å². The van der Waals surface area contributed by atoms with E-state index in [1.165, 1.54) is 11.3 Å². The summed E-state index contributed by atoms with van der Waals surface area (Å²) in [6, 6.07) is 0.157. The number of carbonyl (C=O) groups excluding carboxylic acids is 1. The van der Waals surface area contributed by atoms with Gasteiger partial charge in [0.05, 0.1) is 5.51 Å². The summed E-state index contributed by atoms with van der Waals surface area (Å²) in [5.41, 5.74) is 2.18. The molecule has 0 fully saturated rings. The molecule has 0 aliphatic rings. The van der Waals surface area contributed by atoms with Crippen LogP contribution in [0.1, 0.15) is 24.3 Å². The fraction of sp³-hybridized carbons (Fsp3) is 0.636. The van der Waals surface area contributed by atoms with E-state index >= 15 is 0 Å². The van der Waals surface area contributed by atoms with Gasteiger partial charge in [-0.3, -0.25) is 4.79 Å². The lowest BCUT2D eigenvalue weighted by Crippen LogP contribution is -2.45. The summed E-state index contributed by atoms with van der Waals surface area (Å²) in [5, 5.41) is 4.78. The summed E-state index contributed by atoms with van der Waals surface area (Å²) < 4.78 is 0. The SMILES string of the molecule is CC(C)C(CN(C)C)NC(=O)c1cscn1. The maximum atomic E-state index is 11.8. The van der Waals surface area contributed by atoms with Crippen LogP contribution < -0.4 is 5.32 Å². The van der Waals surface area contributed by atoms with Crippen LogP contribution >= 0.6 is 11.3 Å². The number of hydrogen-bond acceptors (Lipinski definition) is 4. The minimum atomic E-state index is -0.0817. The summed E-state index contributed by atoms with van der Waals surface area (Å²) in [5.74, 6) is 0.326. The van der Waals surface area contributed by atoms with Gasteiger partial charge in [-0.05, 0) is 20.0 Å². The number of nitrogens with one attached hydrogen (secondary N) is 1. The minimum Gasteiger partial charge on any atom is -0.346 e. The lowest BCUT2D eigenvalue weighted by Gasteiger charge is -2.25.